The van der Waals surface area contributed by atoms with Crippen molar-refractivity contribution in [3.05, 3.63) is 47.3 Å². The second kappa shape index (κ2) is 6.86. The molecule has 2 rings (SSSR count). The number of aliphatic hydroxyl groups is 1. The van der Waals surface area contributed by atoms with Crippen LogP contribution in [0.2, 0.25) is 0 Å². The van der Waals surface area contributed by atoms with Gasteiger partial charge in [-0.1, -0.05) is 0 Å². The van der Waals surface area contributed by atoms with Crippen LogP contribution in [0.15, 0.2) is 30.6 Å². The average Bonchev–Trinajstić information content (AvgIpc) is 3.00. The molecule has 0 saturated carbocycles. The molecule has 1 amide bonds. The summed E-state index contributed by atoms with van der Waals surface area (Å²) in [5.74, 6) is -0.968. The lowest BCUT2D eigenvalue weighted by Crippen LogP contribution is -2.43. The van der Waals surface area contributed by atoms with E-state index in [1.807, 2.05) is 6.07 Å². The first kappa shape index (κ1) is 19.0. The van der Waals surface area contributed by atoms with E-state index < -0.39 is 28.8 Å². The van der Waals surface area contributed by atoms with E-state index in [-0.39, 0.29) is 17.8 Å². The smallest absolute Gasteiger partial charge is 0.378 e. The minimum Gasteiger partial charge on any atom is -0.378 e. The fourth-order valence-corrected chi connectivity index (χ4v) is 2.11. The lowest BCUT2D eigenvalue weighted by Gasteiger charge is -2.22. The van der Waals surface area contributed by atoms with Crippen molar-refractivity contribution < 1.29 is 23.1 Å². The van der Waals surface area contributed by atoms with E-state index in [4.69, 9.17) is 10.5 Å². The van der Waals surface area contributed by atoms with E-state index in [1.54, 1.807) is 0 Å². The van der Waals surface area contributed by atoms with E-state index in [0.717, 1.165) is 23.7 Å². The Kier molecular flexibility index (Phi) is 5.00. The molecule has 134 valence electrons. The molecule has 1 aromatic carbocycles. The minimum atomic E-state index is -4.77. The van der Waals surface area contributed by atoms with Gasteiger partial charge in [0.1, 0.15) is 6.07 Å². The van der Waals surface area contributed by atoms with Crippen LogP contribution in [0.4, 0.5) is 18.9 Å². The summed E-state index contributed by atoms with van der Waals surface area (Å²) in [7, 11) is 0. The predicted molar refractivity (Wildman–Crippen MR) is 82.4 cm³/mol. The van der Waals surface area contributed by atoms with Gasteiger partial charge in [0.15, 0.2) is 5.60 Å². The highest BCUT2D eigenvalue weighted by Crippen LogP contribution is 2.33. The number of amides is 1. The number of nitrogens with one attached hydrogen (secondary N) is 1. The number of halogens is 3. The molecule has 1 aromatic heterocycles. The zero-order valence-corrected chi connectivity index (χ0v) is 13.4. The molecule has 0 radical (unpaired) electrons. The number of carbonyl (C=O) groups is 1. The highest BCUT2D eigenvalue weighted by molar-refractivity contribution is 5.96. The van der Waals surface area contributed by atoms with Gasteiger partial charge in [-0.3, -0.25) is 9.48 Å². The van der Waals surface area contributed by atoms with Crippen LogP contribution < -0.4 is 5.32 Å². The van der Waals surface area contributed by atoms with Gasteiger partial charge in [0.25, 0.3) is 5.91 Å². The molecule has 7 nitrogen and oxygen atoms in total. The summed E-state index contributed by atoms with van der Waals surface area (Å²) in [6, 6.07) is 5.95. The van der Waals surface area contributed by atoms with E-state index in [9.17, 15) is 23.1 Å². The number of benzene rings is 1. The molecular formula is C16H12F3N5O2. The zero-order chi connectivity index (χ0) is 19.5. The minimum absolute atomic E-state index is 0.222. The first-order valence-electron chi connectivity index (χ1n) is 7.14. The molecule has 10 heteroatoms. The summed E-state index contributed by atoms with van der Waals surface area (Å²) >= 11 is 0. The molecular weight excluding hydrogens is 351 g/mol. The maximum atomic E-state index is 13.0. The SMILES string of the molecule is CC(O)(Cn1cc(C#N)cn1)C(=O)Nc1ccc(C#N)c(C(F)(F)F)c1. The number of hydrogen-bond donors (Lipinski definition) is 2. The van der Waals surface area contributed by atoms with E-state index in [1.165, 1.54) is 18.5 Å². The average molecular weight is 363 g/mol. The zero-order valence-electron chi connectivity index (χ0n) is 13.4. The van der Waals surface area contributed by atoms with Gasteiger partial charge in [0, 0.05) is 11.9 Å². The summed E-state index contributed by atoms with van der Waals surface area (Å²) in [4.78, 5) is 12.2. The van der Waals surface area contributed by atoms with Crippen molar-refractivity contribution in [3.8, 4) is 12.1 Å². The number of carbonyl (C=O) groups excluding carboxylic acids is 1. The van der Waals surface area contributed by atoms with Crippen LogP contribution in [-0.4, -0.2) is 26.4 Å². The van der Waals surface area contributed by atoms with E-state index >= 15 is 0 Å². The maximum absolute atomic E-state index is 13.0. The first-order chi connectivity index (χ1) is 12.1. The highest BCUT2D eigenvalue weighted by atomic mass is 19.4. The standard InChI is InChI=1S/C16H12F3N5O2/c1-15(26,9-24-8-10(5-20)7-22-24)14(25)23-12-3-2-11(6-21)13(4-12)16(17,18)19/h2-4,7-8,26H,9H2,1H3,(H,23,25). The number of alkyl halides is 3. The number of nitrogens with zero attached hydrogens (tertiary/aromatic N) is 4. The molecule has 0 aliphatic carbocycles. The van der Waals surface area contributed by atoms with Crippen molar-refractivity contribution >= 4 is 11.6 Å². The largest absolute Gasteiger partial charge is 0.417 e. The molecule has 0 bridgehead atoms. The van der Waals surface area contributed by atoms with Crippen LogP contribution in [0.1, 0.15) is 23.6 Å². The van der Waals surface area contributed by atoms with E-state index in [0.29, 0.717) is 6.07 Å². The molecule has 0 spiro atoms. The lowest BCUT2D eigenvalue weighted by molar-refractivity contribution is -0.138. The normalized spacial score (nSPS) is 13.3. The van der Waals surface area contributed by atoms with Gasteiger partial charge in [-0.2, -0.15) is 28.8 Å². The van der Waals surface area contributed by atoms with Crippen LogP contribution in [0.3, 0.4) is 0 Å². The molecule has 2 N–H and O–H groups in total. The Morgan fingerprint density at radius 1 is 1.35 bits per heavy atom. The second-order valence-electron chi connectivity index (χ2n) is 5.64. The second-order valence-corrected chi connectivity index (χ2v) is 5.64. The Morgan fingerprint density at radius 3 is 2.58 bits per heavy atom. The van der Waals surface area contributed by atoms with Gasteiger partial charge in [0.2, 0.25) is 0 Å². The quantitative estimate of drug-likeness (QED) is 0.863. The third kappa shape index (κ3) is 4.18. The summed E-state index contributed by atoms with van der Waals surface area (Å²) in [6.07, 6.45) is -2.22. The van der Waals surface area contributed by atoms with Gasteiger partial charge < -0.3 is 10.4 Å². The molecule has 0 aliphatic heterocycles. The molecule has 1 heterocycles. The highest BCUT2D eigenvalue weighted by Gasteiger charge is 2.35. The molecule has 1 atom stereocenters. The fraction of sp³-hybridized carbons (Fsp3) is 0.250. The molecule has 0 fully saturated rings. The van der Waals surface area contributed by atoms with Gasteiger partial charge >= 0.3 is 6.18 Å². The van der Waals surface area contributed by atoms with Gasteiger partial charge in [0.05, 0.1) is 35.5 Å². The van der Waals surface area contributed by atoms with Gasteiger partial charge in [-0.15, -0.1) is 0 Å². The van der Waals surface area contributed by atoms with Gasteiger partial charge in [-0.05, 0) is 25.1 Å². The molecule has 0 aliphatic rings. The summed E-state index contributed by atoms with van der Waals surface area (Å²) in [5, 5.41) is 33.8. The Labute approximate surface area is 145 Å². The lowest BCUT2D eigenvalue weighted by atomic mass is 10.0. The Morgan fingerprint density at radius 2 is 2.04 bits per heavy atom. The van der Waals surface area contributed by atoms with Crippen LogP contribution in [0.5, 0.6) is 0 Å². The van der Waals surface area contributed by atoms with Crippen LogP contribution in [0, 0.1) is 22.7 Å². The maximum Gasteiger partial charge on any atom is 0.417 e. The van der Waals surface area contributed by atoms with E-state index in [2.05, 4.69) is 10.4 Å². The summed E-state index contributed by atoms with van der Waals surface area (Å²) in [5.41, 5.74) is -3.78. The molecule has 2 aromatic rings. The Hall–Kier alpha value is -3.37. The van der Waals surface area contributed by atoms with Crippen molar-refractivity contribution in [1.82, 2.24) is 9.78 Å². The van der Waals surface area contributed by atoms with Crippen LogP contribution >= 0.6 is 0 Å². The van der Waals surface area contributed by atoms with Crippen molar-refractivity contribution in [2.75, 3.05) is 5.32 Å². The predicted octanol–water partition coefficient (Wildman–Crippen LogP) is 2.03. The summed E-state index contributed by atoms with van der Waals surface area (Å²) in [6.45, 7) is 0.841. The number of aromatic nitrogens is 2. The third-order valence-electron chi connectivity index (χ3n) is 3.42. The number of nitriles is 2. The number of rotatable bonds is 4. The van der Waals surface area contributed by atoms with Crippen LogP contribution in [-0.2, 0) is 17.5 Å². The first-order valence-corrected chi connectivity index (χ1v) is 7.14. The Bertz CT molecular complexity index is 919. The molecule has 1 unspecified atom stereocenters. The monoisotopic (exact) mass is 363 g/mol. The summed E-state index contributed by atoms with van der Waals surface area (Å²) < 4.78 is 40.0. The topological polar surface area (TPSA) is 115 Å². The number of hydrogen-bond acceptors (Lipinski definition) is 5. The fourth-order valence-electron chi connectivity index (χ4n) is 2.11. The van der Waals surface area contributed by atoms with Gasteiger partial charge in [-0.25, -0.2) is 0 Å². The van der Waals surface area contributed by atoms with Crippen molar-refractivity contribution in [3.63, 3.8) is 0 Å². The van der Waals surface area contributed by atoms with Crippen molar-refractivity contribution in [2.24, 2.45) is 0 Å². The Balaban J connectivity index is 2.20. The van der Waals surface area contributed by atoms with Crippen molar-refractivity contribution in [2.45, 2.75) is 25.2 Å². The number of anilines is 1. The van der Waals surface area contributed by atoms with Crippen molar-refractivity contribution in [1.29, 1.82) is 10.5 Å². The van der Waals surface area contributed by atoms with Crippen LogP contribution in [0.25, 0.3) is 0 Å². The molecule has 26 heavy (non-hydrogen) atoms. The third-order valence-corrected chi connectivity index (χ3v) is 3.42. The molecule has 0 saturated heterocycles.